The van der Waals surface area contributed by atoms with Crippen molar-refractivity contribution in [3.63, 3.8) is 0 Å². The van der Waals surface area contributed by atoms with Gasteiger partial charge in [-0.3, -0.25) is 9.79 Å². The van der Waals surface area contributed by atoms with E-state index in [1.54, 1.807) is 0 Å². The molecule has 1 aliphatic heterocycles. The fourth-order valence-corrected chi connectivity index (χ4v) is 4.63. The molecule has 158 valence electrons. The van der Waals surface area contributed by atoms with Crippen molar-refractivity contribution in [1.29, 1.82) is 0 Å². The van der Waals surface area contributed by atoms with E-state index in [1.165, 1.54) is 17.3 Å². The molecule has 30 heavy (non-hydrogen) atoms. The van der Waals surface area contributed by atoms with E-state index in [-0.39, 0.29) is 31.0 Å². The van der Waals surface area contributed by atoms with Gasteiger partial charge < -0.3 is 9.84 Å². The van der Waals surface area contributed by atoms with Gasteiger partial charge in [-0.25, -0.2) is 0 Å². The van der Waals surface area contributed by atoms with Crippen LogP contribution in [0.3, 0.4) is 0 Å². The van der Waals surface area contributed by atoms with Gasteiger partial charge in [0.25, 0.3) is 0 Å². The van der Waals surface area contributed by atoms with Crippen molar-refractivity contribution in [3.05, 3.63) is 70.6 Å². The van der Waals surface area contributed by atoms with Gasteiger partial charge in [-0.15, -0.1) is 0 Å². The molecule has 1 fully saturated rings. The van der Waals surface area contributed by atoms with Gasteiger partial charge in [-0.2, -0.15) is 0 Å². The highest BCUT2D eigenvalue weighted by molar-refractivity contribution is 8.18. The van der Waals surface area contributed by atoms with E-state index in [4.69, 9.17) is 14.8 Å². The zero-order chi connectivity index (χ0) is 21.3. The van der Waals surface area contributed by atoms with E-state index in [1.807, 2.05) is 36.4 Å². The zero-order valence-corrected chi connectivity index (χ0v) is 18.4. The summed E-state index contributed by atoms with van der Waals surface area (Å²) in [5.41, 5.74) is 2.23. The van der Waals surface area contributed by atoms with Crippen molar-refractivity contribution in [1.82, 2.24) is 0 Å². The lowest BCUT2D eigenvalue weighted by atomic mass is 9.94. The Hall–Kier alpha value is -2.37. The molecule has 1 unspecified atom stereocenters. The van der Waals surface area contributed by atoms with Gasteiger partial charge in [0.15, 0.2) is 5.78 Å². The summed E-state index contributed by atoms with van der Waals surface area (Å²) < 4.78 is 5.41. The fraction of sp³-hybridized carbons (Fsp3) is 0.360. The predicted molar refractivity (Wildman–Crippen MR) is 125 cm³/mol. The number of Topliss-reactive ketones (excluding diaryl/α,β-unsaturated/α-hetero) is 1. The molecule has 2 aromatic rings. The van der Waals surface area contributed by atoms with Crippen LogP contribution >= 0.6 is 11.8 Å². The molecule has 0 aromatic heterocycles. The number of benzene rings is 2. The van der Waals surface area contributed by atoms with Gasteiger partial charge in [0, 0.05) is 18.4 Å². The lowest BCUT2D eigenvalue weighted by Gasteiger charge is -2.17. The van der Waals surface area contributed by atoms with Gasteiger partial charge in [0.1, 0.15) is 12.4 Å². The number of thioether (sulfide) groups is 1. The highest BCUT2D eigenvalue weighted by Gasteiger charge is 2.27. The van der Waals surface area contributed by atoms with Crippen molar-refractivity contribution >= 4 is 28.7 Å². The van der Waals surface area contributed by atoms with Gasteiger partial charge >= 0.3 is 0 Å². The minimum absolute atomic E-state index is 0.0148. The van der Waals surface area contributed by atoms with Crippen LogP contribution in [-0.2, 0) is 11.2 Å². The summed E-state index contributed by atoms with van der Waals surface area (Å²) in [5.74, 6) is 1.13. The third-order valence-electron chi connectivity index (χ3n) is 4.81. The van der Waals surface area contributed by atoms with Gasteiger partial charge in [-0.05, 0) is 56.0 Å². The minimum atomic E-state index is -0.0148. The van der Waals surface area contributed by atoms with Crippen LogP contribution in [0.25, 0.3) is 6.08 Å². The second-order valence-corrected chi connectivity index (χ2v) is 8.72. The molecule has 0 spiro atoms. The number of aliphatic imine (C=N–C) groups is 1. The molecular weight excluding hydrogens is 394 g/mol. The topological polar surface area (TPSA) is 58.9 Å². The standard InChI is InChI=1S/C25H29NO3S/c1-18(2)26-25-21(16-19-6-4-3-5-7-19)10-13-23(28)24(30-25)17-20-8-11-22(12-9-20)29-15-14-27/h3-9,11-12,17-18,21,27H,10,13-16H2,1-2H3/b24-17-,26-25?. The summed E-state index contributed by atoms with van der Waals surface area (Å²) in [6, 6.07) is 18.2. The number of nitrogens with zero attached hydrogens (tertiary/aromatic N) is 1. The van der Waals surface area contributed by atoms with Crippen LogP contribution in [0.5, 0.6) is 5.75 Å². The smallest absolute Gasteiger partial charge is 0.169 e. The van der Waals surface area contributed by atoms with E-state index >= 15 is 0 Å². The Bertz CT molecular complexity index is 888. The number of carbonyl (C=O) groups is 1. The Labute approximate surface area is 183 Å². The Kier molecular flexibility index (Phi) is 8.29. The zero-order valence-electron chi connectivity index (χ0n) is 17.6. The molecule has 3 rings (SSSR count). The predicted octanol–water partition coefficient (Wildman–Crippen LogP) is 5.16. The van der Waals surface area contributed by atoms with Crippen molar-refractivity contribution in [2.24, 2.45) is 10.9 Å². The molecular formula is C25H29NO3S. The molecule has 0 amide bonds. The van der Waals surface area contributed by atoms with Crippen LogP contribution < -0.4 is 4.74 Å². The van der Waals surface area contributed by atoms with E-state index in [0.717, 1.165) is 28.4 Å². The molecule has 1 heterocycles. The average Bonchev–Trinajstić information content (AvgIpc) is 2.88. The number of aliphatic hydroxyl groups excluding tert-OH is 1. The Morgan fingerprint density at radius 2 is 1.90 bits per heavy atom. The van der Waals surface area contributed by atoms with E-state index in [9.17, 15) is 4.79 Å². The summed E-state index contributed by atoms with van der Waals surface area (Å²) in [4.78, 5) is 18.5. The molecule has 1 saturated heterocycles. The minimum Gasteiger partial charge on any atom is -0.491 e. The first-order valence-corrected chi connectivity index (χ1v) is 11.2. The number of ether oxygens (including phenoxy) is 1. The van der Waals surface area contributed by atoms with Gasteiger partial charge in [0.2, 0.25) is 0 Å². The molecule has 4 nitrogen and oxygen atoms in total. The molecule has 5 heteroatoms. The molecule has 0 bridgehead atoms. The van der Waals surface area contributed by atoms with Gasteiger partial charge in [-0.1, -0.05) is 54.2 Å². The number of hydrogen-bond acceptors (Lipinski definition) is 5. The number of ketones is 1. The van der Waals surface area contributed by atoms with E-state index in [0.29, 0.717) is 12.2 Å². The Morgan fingerprint density at radius 3 is 2.57 bits per heavy atom. The molecule has 0 radical (unpaired) electrons. The summed E-state index contributed by atoms with van der Waals surface area (Å²) in [6.07, 6.45) is 4.20. The van der Waals surface area contributed by atoms with Crippen LogP contribution in [0.2, 0.25) is 0 Å². The number of carbonyl (C=O) groups excluding carboxylic acids is 1. The van der Waals surface area contributed by atoms with Crippen LogP contribution in [0.1, 0.15) is 37.8 Å². The Morgan fingerprint density at radius 1 is 1.17 bits per heavy atom. The molecule has 1 aliphatic rings. The lowest BCUT2D eigenvalue weighted by molar-refractivity contribution is -0.115. The molecule has 0 aliphatic carbocycles. The summed E-state index contributed by atoms with van der Waals surface area (Å²) in [6.45, 7) is 4.41. The SMILES string of the molecule is CC(C)N=C1S/C(=C\c2ccc(OCCO)cc2)C(=O)CCC1Cc1ccccc1. The third kappa shape index (κ3) is 6.57. The molecule has 0 saturated carbocycles. The normalized spacial score (nSPS) is 20.0. The highest BCUT2D eigenvalue weighted by atomic mass is 32.2. The van der Waals surface area contributed by atoms with Crippen molar-refractivity contribution < 1.29 is 14.6 Å². The second-order valence-electron chi connectivity index (χ2n) is 7.66. The Balaban J connectivity index is 1.82. The number of allylic oxidation sites excluding steroid dienone is 1. The van der Waals surface area contributed by atoms with Crippen LogP contribution in [0, 0.1) is 5.92 Å². The van der Waals surface area contributed by atoms with Crippen molar-refractivity contribution in [2.45, 2.75) is 39.2 Å². The fourth-order valence-electron chi connectivity index (χ4n) is 3.36. The van der Waals surface area contributed by atoms with Gasteiger partial charge in [0.05, 0.1) is 16.6 Å². The first kappa shape index (κ1) is 22.3. The number of aliphatic hydroxyl groups is 1. The van der Waals surface area contributed by atoms with Crippen LogP contribution in [0.4, 0.5) is 0 Å². The monoisotopic (exact) mass is 423 g/mol. The number of rotatable bonds is 7. The van der Waals surface area contributed by atoms with Crippen LogP contribution in [-0.4, -0.2) is 35.2 Å². The number of hydrogen-bond donors (Lipinski definition) is 1. The average molecular weight is 424 g/mol. The largest absolute Gasteiger partial charge is 0.491 e. The van der Waals surface area contributed by atoms with E-state index < -0.39 is 0 Å². The summed E-state index contributed by atoms with van der Waals surface area (Å²) >= 11 is 1.53. The maximum atomic E-state index is 12.9. The third-order valence-corrected chi connectivity index (χ3v) is 6.02. The second kappa shape index (κ2) is 11.1. The van der Waals surface area contributed by atoms with E-state index in [2.05, 4.69) is 38.1 Å². The maximum Gasteiger partial charge on any atom is 0.169 e. The molecule has 1 atom stereocenters. The van der Waals surface area contributed by atoms with Crippen molar-refractivity contribution in [2.75, 3.05) is 13.2 Å². The maximum absolute atomic E-state index is 12.9. The highest BCUT2D eigenvalue weighted by Crippen LogP contribution is 2.35. The lowest BCUT2D eigenvalue weighted by Crippen LogP contribution is -2.15. The molecule has 1 N–H and O–H groups in total. The first-order valence-electron chi connectivity index (χ1n) is 10.4. The summed E-state index contributed by atoms with van der Waals surface area (Å²) in [7, 11) is 0. The quantitative estimate of drug-likeness (QED) is 0.625. The van der Waals surface area contributed by atoms with Crippen molar-refractivity contribution in [3.8, 4) is 5.75 Å². The molecule has 2 aromatic carbocycles. The summed E-state index contributed by atoms with van der Waals surface area (Å²) in [5, 5.41) is 9.92. The van der Waals surface area contributed by atoms with Crippen LogP contribution in [0.15, 0.2) is 64.5 Å². The first-order chi connectivity index (χ1) is 14.5.